The zero-order chi connectivity index (χ0) is 22.3. The molecule has 0 radical (unpaired) electrons. The van der Waals surface area contributed by atoms with Crippen molar-refractivity contribution in [1.29, 1.82) is 0 Å². The van der Waals surface area contributed by atoms with Crippen molar-refractivity contribution in [2.75, 3.05) is 67.7 Å². The molecule has 2 heterocycles. The zero-order valence-corrected chi connectivity index (χ0v) is 19.3. The van der Waals surface area contributed by atoms with E-state index in [-0.39, 0.29) is 5.91 Å². The van der Waals surface area contributed by atoms with Gasteiger partial charge < -0.3 is 24.6 Å². The number of benzene rings is 2. The minimum Gasteiger partial charge on any atom is -0.378 e. The molecule has 0 atom stereocenters. The summed E-state index contributed by atoms with van der Waals surface area (Å²) in [5.41, 5.74) is 5.66. The molecular weight excluding hydrogens is 402 g/mol. The van der Waals surface area contributed by atoms with Crippen molar-refractivity contribution in [2.24, 2.45) is 0 Å². The topological polar surface area (TPSA) is 54.0 Å². The van der Waals surface area contributed by atoms with Gasteiger partial charge >= 0.3 is 0 Å². The Morgan fingerprint density at radius 2 is 1.53 bits per heavy atom. The second-order valence-electron chi connectivity index (χ2n) is 8.84. The van der Waals surface area contributed by atoms with Gasteiger partial charge in [0.2, 0.25) is 5.91 Å². The quantitative estimate of drug-likeness (QED) is 0.708. The molecule has 0 aliphatic carbocycles. The maximum Gasteiger partial charge on any atom is 0.224 e. The normalized spacial score (nSPS) is 17.0. The number of carbonyl (C=O) groups excluding carboxylic acids is 1. The number of nitrogens with one attached hydrogen (secondary N) is 1. The number of amides is 1. The predicted octanol–water partition coefficient (Wildman–Crippen LogP) is 4.05. The van der Waals surface area contributed by atoms with Crippen LogP contribution in [0.15, 0.2) is 42.5 Å². The van der Waals surface area contributed by atoms with E-state index in [1.807, 2.05) is 6.07 Å². The molecule has 0 spiro atoms. The number of hydrogen-bond acceptors (Lipinski definition) is 5. The van der Waals surface area contributed by atoms with Gasteiger partial charge in [0.1, 0.15) is 0 Å². The Kier molecular flexibility index (Phi) is 7.66. The maximum atomic E-state index is 12.8. The molecule has 6 nitrogen and oxygen atoms in total. The molecule has 4 rings (SSSR count). The van der Waals surface area contributed by atoms with Gasteiger partial charge in [0.15, 0.2) is 0 Å². The standard InChI is InChI=1S/C26H35N3O3/c1-20(2)22-6-3-21(4-7-22)5-10-26(30)27-24-9-8-23(28-11-15-31-16-12-28)19-25(24)29-13-17-32-18-14-29/h3-4,6-9,19-20H,5,10-18H2,1-2H3,(H,27,30). The summed E-state index contributed by atoms with van der Waals surface area (Å²) in [4.78, 5) is 17.5. The molecule has 2 fully saturated rings. The van der Waals surface area contributed by atoms with Crippen LogP contribution in [0.3, 0.4) is 0 Å². The fourth-order valence-corrected chi connectivity index (χ4v) is 4.25. The summed E-state index contributed by atoms with van der Waals surface area (Å²) in [7, 11) is 0. The summed E-state index contributed by atoms with van der Waals surface area (Å²) in [5.74, 6) is 0.568. The number of morpholine rings is 2. The van der Waals surface area contributed by atoms with E-state index in [0.29, 0.717) is 25.6 Å². The van der Waals surface area contributed by atoms with E-state index in [1.165, 1.54) is 16.8 Å². The highest BCUT2D eigenvalue weighted by Gasteiger charge is 2.19. The third kappa shape index (κ3) is 5.81. The van der Waals surface area contributed by atoms with Crippen LogP contribution in [0.25, 0.3) is 0 Å². The summed E-state index contributed by atoms with van der Waals surface area (Å²) < 4.78 is 11.0. The molecule has 2 aromatic rings. The molecular formula is C26H35N3O3. The van der Waals surface area contributed by atoms with E-state index in [4.69, 9.17) is 9.47 Å². The molecule has 2 aliphatic rings. The molecule has 172 valence electrons. The first-order chi connectivity index (χ1) is 15.6. The Hall–Kier alpha value is -2.57. The summed E-state index contributed by atoms with van der Waals surface area (Å²) in [5, 5.41) is 3.17. The molecule has 0 saturated carbocycles. The number of hydrogen-bond donors (Lipinski definition) is 1. The Labute approximate surface area is 191 Å². The highest BCUT2D eigenvalue weighted by atomic mass is 16.5. The first kappa shape index (κ1) is 22.6. The van der Waals surface area contributed by atoms with Crippen LogP contribution in [0.1, 0.15) is 37.3 Å². The first-order valence-corrected chi connectivity index (χ1v) is 11.8. The second-order valence-corrected chi connectivity index (χ2v) is 8.84. The average Bonchev–Trinajstić information content (AvgIpc) is 2.84. The number of aryl methyl sites for hydroxylation is 1. The Morgan fingerprint density at radius 1 is 0.906 bits per heavy atom. The van der Waals surface area contributed by atoms with Gasteiger partial charge in [0.25, 0.3) is 0 Å². The molecule has 1 amide bonds. The van der Waals surface area contributed by atoms with E-state index in [2.05, 4.69) is 65.4 Å². The number of rotatable bonds is 7. The van der Waals surface area contributed by atoms with E-state index >= 15 is 0 Å². The van der Waals surface area contributed by atoms with Crippen LogP contribution in [0.5, 0.6) is 0 Å². The van der Waals surface area contributed by atoms with Gasteiger partial charge in [-0.25, -0.2) is 0 Å². The van der Waals surface area contributed by atoms with E-state index in [1.54, 1.807) is 0 Å². The highest BCUT2D eigenvalue weighted by molar-refractivity contribution is 5.95. The van der Waals surface area contributed by atoms with Gasteiger partial charge in [0.05, 0.1) is 37.8 Å². The van der Waals surface area contributed by atoms with Gasteiger partial charge in [0, 0.05) is 38.3 Å². The van der Waals surface area contributed by atoms with Crippen LogP contribution in [0.2, 0.25) is 0 Å². The summed E-state index contributed by atoms with van der Waals surface area (Å²) in [6.07, 6.45) is 1.21. The van der Waals surface area contributed by atoms with Gasteiger partial charge in [-0.05, 0) is 41.7 Å². The summed E-state index contributed by atoms with van der Waals surface area (Å²) in [6, 6.07) is 15.0. The van der Waals surface area contributed by atoms with Crippen molar-refractivity contribution in [3.8, 4) is 0 Å². The van der Waals surface area contributed by atoms with Gasteiger partial charge in [-0.15, -0.1) is 0 Å². The minimum atomic E-state index is 0.0477. The second kappa shape index (κ2) is 10.8. The average molecular weight is 438 g/mol. The molecule has 0 unspecified atom stereocenters. The fraction of sp³-hybridized carbons (Fsp3) is 0.500. The van der Waals surface area contributed by atoms with Crippen molar-refractivity contribution in [2.45, 2.75) is 32.6 Å². The minimum absolute atomic E-state index is 0.0477. The lowest BCUT2D eigenvalue weighted by molar-refractivity contribution is -0.116. The van der Waals surface area contributed by atoms with Crippen LogP contribution in [0, 0.1) is 0 Å². The van der Waals surface area contributed by atoms with E-state index in [0.717, 1.165) is 57.2 Å². The fourth-order valence-electron chi connectivity index (χ4n) is 4.25. The number of ether oxygens (including phenoxy) is 2. The van der Waals surface area contributed by atoms with Crippen LogP contribution in [-0.2, 0) is 20.7 Å². The SMILES string of the molecule is CC(C)c1ccc(CCC(=O)Nc2ccc(N3CCOCC3)cc2N2CCOCC2)cc1. The van der Waals surface area contributed by atoms with Crippen molar-refractivity contribution < 1.29 is 14.3 Å². The van der Waals surface area contributed by atoms with Crippen LogP contribution < -0.4 is 15.1 Å². The van der Waals surface area contributed by atoms with Crippen LogP contribution >= 0.6 is 0 Å². The lowest BCUT2D eigenvalue weighted by atomic mass is 10.0. The Balaban J connectivity index is 1.44. The third-order valence-electron chi connectivity index (χ3n) is 6.27. The van der Waals surface area contributed by atoms with E-state index in [9.17, 15) is 4.79 Å². The van der Waals surface area contributed by atoms with Crippen LogP contribution in [-0.4, -0.2) is 58.5 Å². The smallest absolute Gasteiger partial charge is 0.224 e. The molecule has 0 aromatic heterocycles. The lowest BCUT2D eigenvalue weighted by Crippen LogP contribution is -2.38. The molecule has 2 saturated heterocycles. The monoisotopic (exact) mass is 437 g/mol. The molecule has 2 aromatic carbocycles. The van der Waals surface area contributed by atoms with Gasteiger partial charge in [-0.1, -0.05) is 38.1 Å². The molecule has 32 heavy (non-hydrogen) atoms. The van der Waals surface area contributed by atoms with E-state index < -0.39 is 0 Å². The molecule has 1 N–H and O–H groups in total. The van der Waals surface area contributed by atoms with Crippen molar-refractivity contribution in [3.05, 3.63) is 53.6 Å². The summed E-state index contributed by atoms with van der Waals surface area (Å²) >= 11 is 0. The Bertz CT molecular complexity index is 886. The van der Waals surface area contributed by atoms with Gasteiger partial charge in [-0.2, -0.15) is 0 Å². The zero-order valence-electron chi connectivity index (χ0n) is 19.3. The number of anilines is 3. The summed E-state index contributed by atoms with van der Waals surface area (Å²) in [6.45, 7) is 10.8. The molecule has 0 bridgehead atoms. The highest BCUT2D eigenvalue weighted by Crippen LogP contribution is 2.32. The lowest BCUT2D eigenvalue weighted by Gasteiger charge is -2.33. The first-order valence-electron chi connectivity index (χ1n) is 11.8. The largest absolute Gasteiger partial charge is 0.378 e. The maximum absolute atomic E-state index is 12.8. The molecule has 6 heteroatoms. The van der Waals surface area contributed by atoms with Crippen molar-refractivity contribution in [1.82, 2.24) is 0 Å². The van der Waals surface area contributed by atoms with Crippen molar-refractivity contribution in [3.63, 3.8) is 0 Å². The third-order valence-corrected chi connectivity index (χ3v) is 6.27. The number of carbonyl (C=O) groups is 1. The van der Waals surface area contributed by atoms with Crippen molar-refractivity contribution >= 4 is 23.0 Å². The van der Waals surface area contributed by atoms with Crippen LogP contribution in [0.4, 0.5) is 17.1 Å². The Morgan fingerprint density at radius 3 is 2.16 bits per heavy atom. The predicted molar refractivity (Wildman–Crippen MR) is 130 cm³/mol. The number of nitrogens with zero attached hydrogens (tertiary/aromatic N) is 2. The van der Waals surface area contributed by atoms with Gasteiger partial charge in [-0.3, -0.25) is 4.79 Å². The molecule has 2 aliphatic heterocycles.